The Hall–Kier alpha value is -0.330. The van der Waals surface area contributed by atoms with Crippen LogP contribution < -0.4 is 5.73 Å². The molecule has 0 saturated carbocycles. The average Bonchev–Trinajstić information content (AvgIpc) is 2.15. The summed E-state index contributed by atoms with van der Waals surface area (Å²) in [5.74, 6) is 0. The van der Waals surface area contributed by atoms with Crippen LogP contribution in [0.1, 0.15) is 27.7 Å². The second-order valence-electron chi connectivity index (χ2n) is 6.60. The third-order valence-corrected chi connectivity index (χ3v) is 3.59. The molecule has 6 heteroatoms. The first-order valence-corrected chi connectivity index (χ1v) is 6.79. The van der Waals surface area contributed by atoms with Gasteiger partial charge in [0.15, 0.2) is 0 Å². The third kappa shape index (κ3) is 5.28. The van der Waals surface area contributed by atoms with Gasteiger partial charge in [-0.2, -0.15) is 13.2 Å². The minimum absolute atomic E-state index is 0.00849. The number of nitrogens with zero attached hydrogens (tertiary/aromatic N) is 2. The molecule has 1 aliphatic rings. The third-order valence-electron chi connectivity index (χ3n) is 3.59. The van der Waals surface area contributed by atoms with Gasteiger partial charge in [0.2, 0.25) is 0 Å². The van der Waals surface area contributed by atoms with E-state index in [2.05, 4.69) is 25.7 Å². The van der Waals surface area contributed by atoms with Gasteiger partial charge in [0.05, 0.1) is 6.54 Å². The van der Waals surface area contributed by atoms with Gasteiger partial charge >= 0.3 is 6.18 Å². The number of rotatable bonds is 3. The van der Waals surface area contributed by atoms with Crippen LogP contribution in [-0.2, 0) is 0 Å². The van der Waals surface area contributed by atoms with Crippen molar-refractivity contribution in [3.8, 4) is 0 Å². The van der Waals surface area contributed by atoms with E-state index in [1.165, 1.54) is 4.90 Å². The maximum absolute atomic E-state index is 12.3. The predicted molar refractivity (Wildman–Crippen MR) is 71.0 cm³/mol. The Morgan fingerprint density at radius 1 is 1.05 bits per heavy atom. The summed E-state index contributed by atoms with van der Waals surface area (Å²) in [6.07, 6.45) is -4.10. The summed E-state index contributed by atoms with van der Waals surface area (Å²) in [6.45, 7) is 9.77. The van der Waals surface area contributed by atoms with E-state index in [9.17, 15) is 13.2 Å². The van der Waals surface area contributed by atoms with Crippen LogP contribution in [0.15, 0.2) is 0 Å². The summed E-state index contributed by atoms with van der Waals surface area (Å²) in [6, 6.07) is 0.203. The van der Waals surface area contributed by atoms with Crippen LogP contribution in [0, 0.1) is 5.41 Å². The van der Waals surface area contributed by atoms with Crippen LogP contribution in [0.4, 0.5) is 13.2 Å². The molecular weight excluding hydrogens is 255 g/mol. The molecule has 1 aliphatic heterocycles. The van der Waals surface area contributed by atoms with Crippen LogP contribution in [-0.4, -0.2) is 60.8 Å². The van der Waals surface area contributed by atoms with E-state index >= 15 is 0 Å². The number of hydrogen-bond donors (Lipinski definition) is 1. The summed E-state index contributed by atoms with van der Waals surface area (Å²) in [7, 11) is 0. The molecule has 2 N–H and O–H groups in total. The Balaban J connectivity index is 2.57. The minimum atomic E-state index is -4.10. The number of hydrogen-bond acceptors (Lipinski definition) is 3. The van der Waals surface area contributed by atoms with Crippen LogP contribution in [0.2, 0.25) is 0 Å². The van der Waals surface area contributed by atoms with Crippen molar-refractivity contribution in [3.63, 3.8) is 0 Å². The van der Waals surface area contributed by atoms with Crippen molar-refractivity contribution >= 4 is 0 Å². The van der Waals surface area contributed by atoms with Gasteiger partial charge in [-0.25, -0.2) is 0 Å². The molecule has 0 aromatic rings. The SMILES string of the molecule is CC(N)C(N1CCN(CC(F)(F)F)CC1)C(C)(C)C. The van der Waals surface area contributed by atoms with E-state index < -0.39 is 12.7 Å². The second-order valence-corrected chi connectivity index (χ2v) is 6.60. The molecule has 2 unspecified atom stereocenters. The number of halogens is 3. The van der Waals surface area contributed by atoms with Gasteiger partial charge in [-0.1, -0.05) is 20.8 Å². The maximum Gasteiger partial charge on any atom is 0.401 e. The first-order chi connectivity index (χ1) is 8.50. The van der Waals surface area contributed by atoms with Crippen LogP contribution in [0.3, 0.4) is 0 Å². The van der Waals surface area contributed by atoms with Crippen molar-refractivity contribution in [2.75, 3.05) is 32.7 Å². The molecule has 0 aromatic carbocycles. The number of alkyl halides is 3. The molecular formula is C13H26F3N3. The summed E-state index contributed by atoms with van der Waals surface area (Å²) >= 11 is 0. The van der Waals surface area contributed by atoms with Crippen LogP contribution >= 0.6 is 0 Å². The largest absolute Gasteiger partial charge is 0.401 e. The Kier molecular flexibility index (Phi) is 5.26. The maximum atomic E-state index is 12.3. The van der Waals surface area contributed by atoms with Crippen molar-refractivity contribution < 1.29 is 13.2 Å². The fourth-order valence-electron chi connectivity index (χ4n) is 3.12. The highest BCUT2D eigenvalue weighted by Gasteiger charge is 2.37. The standard InChI is InChI=1S/C13H26F3N3/c1-10(17)11(12(2,3)4)19-7-5-18(6-8-19)9-13(14,15)16/h10-11H,5-9,17H2,1-4H3. The van der Waals surface area contributed by atoms with Gasteiger partial charge in [0.25, 0.3) is 0 Å². The van der Waals surface area contributed by atoms with E-state index in [1.807, 2.05) is 6.92 Å². The zero-order valence-electron chi connectivity index (χ0n) is 12.3. The van der Waals surface area contributed by atoms with Crippen LogP contribution in [0.25, 0.3) is 0 Å². The molecule has 1 fully saturated rings. The Bertz CT molecular complexity index is 276. The topological polar surface area (TPSA) is 32.5 Å². The molecule has 1 rings (SSSR count). The van der Waals surface area contributed by atoms with E-state index in [-0.39, 0.29) is 17.5 Å². The zero-order chi connectivity index (χ0) is 14.8. The lowest BCUT2D eigenvalue weighted by atomic mass is 9.81. The first kappa shape index (κ1) is 16.7. The molecule has 0 spiro atoms. The number of nitrogens with two attached hydrogens (primary N) is 1. The molecule has 0 radical (unpaired) electrons. The Morgan fingerprint density at radius 3 is 1.84 bits per heavy atom. The quantitative estimate of drug-likeness (QED) is 0.858. The van der Waals surface area contributed by atoms with Crippen molar-refractivity contribution in [2.24, 2.45) is 11.1 Å². The highest BCUT2D eigenvalue weighted by molar-refractivity contribution is 4.91. The fourth-order valence-corrected chi connectivity index (χ4v) is 3.12. The predicted octanol–water partition coefficient (Wildman–Crippen LogP) is 1.93. The molecule has 0 amide bonds. The van der Waals surface area contributed by atoms with Gasteiger partial charge in [-0.05, 0) is 12.3 Å². The molecule has 114 valence electrons. The summed E-state index contributed by atoms with van der Waals surface area (Å²) in [4.78, 5) is 3.70. The highest BCUT2D eigenvalue weighted by Crippen LogP contribution is 2.27. The van der Waals surface area contributed by atoms with Gasteiger partial charge in [0, 0.05) is 38.3 Å². The number of piperazine rings is 1. The van der Waals surface area contributed by atoms with E-state index in [0.29, 0.717) is 26.2 Å². The van der Waals surface area contributed by atoms with Gasteiger partial charge < -0.3 is 5.73 Å². The van der Waals surface area contributed by atoms with Gasteiger partial charge in [0.1, 0.15) is 0 Å². The molecule has 2 atom stereocenters. The minimum Gasteiger partial charge on any atom is -0.327 e. The first-order valence-electron chi connectivity index (χ1n) is 6.79. The van der Waals surface area contributed by atoms with E-state index in [0.717, 1.165) is 0 Å². The van der Waals surface area contributed by atoms with E-state index in [4.69, 9.17) is 5.73 Å². The lowest BCUT2D eigenvalue weighted by molar-refractivity contribution is -0.150. The molecule has 19 heavy (non-hydrogen) atoms. The lowest BCUT2D eigenvalue weighted by Gasteiger charge is -2.46. The summed E-state index contributed by atoms with van der Waals surface area (Å²) < 4.78 is 37.0. The molecule has 3 nitrogen and oxygen atoms in total. The normalized spacial score (nSPS) is 23.4. The monoisotopic (exact) mass is 281 g/mol. The van der Waals surface area contributed by atoms with Crippen molar-refractivity contribution in [3.05, 3.63) is 0 Å². The smallest absolute Gasteiger partial charge is 0.327 e. The van der Waals surface area contributed by atoms with Crippen molar-refractivity contribution in [2.45, 2.75) is 46.0 Å². The molecule has 1 saturated heterocycles. The molecule has 0 aliphatic carbocycles. The molecule has 0 bridgehead atoms. The van der Waals surface area contributed by atoms with Crippen molar-refractivity contribution in [1.29, 1.82) is 0 Å². The highest BCUT2D eigenvalue weighted by atomic mass is 19.4. The van der Waals surface area contributed by atoms with Gasteiger partial charge in [-0.3, -0.25) is 9.80 Å². The lowest BCUT2D eigenvalue weighted by Crippen LogP contribution is -2.59. The fraction of sp³-hybridized carbons (Fsp3) is 1.00. The second kappa shape index (κ2) is 5.97. The van der Waals surface area contributed by atoms with E-state index in [1.54, 1.807) is 0 Å². The zero-order valence-corrected chi connectivity index (χ0v) is 12.3. The van der Waals surface area contributed by atoms with Crippen LogP contribution in [0.5, 0.6) is 0 Å². The average molecular weight is 281 g/mol. The Morgan fingerprint density at radius 2 is 1.53 bits per heavy atom. The van der Waals surface area contributed by atoms with Crippen molar-refractivity contribution in [1.82, 2.24) is 9.80 Å². The van der Waals surface area contributed by atoms with Gasteiger partial charge in [-0.15, -0.1) is 0 Å². The molecule has 1 heterocycles. The Labute approximate surface area is 113 Å². The summed E-state index contributed by atoms with van der Waals surface area (Å²) in [5.41, 5.74) is 6.08. The summed E-state index contributed by atoms with van der Waals surface area (Å²) in [5, 5.41) is 0. The molecule has 0 aromatic heterocycles.